The van der Waals surface area contributed by atoms with E-state index >= 15 is 0 Å². The molecule has 3 heterocycles. The number of piperazine rings is 1. The monoisotopic (exact) mass is 394 g/mol. The molecule has 1 unspecified atom stereocenters. The van der Waals surface area contributed by atoms with Crippen molar-refractivity contribution in [3.05, 3.63) is 64.6 Å². The van der Waals surface area contributed by atoms with E-state index in [1.807, 2.05) is 59.7 Å². The molecule has 1 aromatic carbocycles. The first kappa shape index (κ1) is 18.4. The fourth-order valence-corrected chi connectivity index (χ4v) is 4.05. The number of hydrogen-bond acceptors (Lipinski definition) is 6. The highest BCUT2D eigenvalue weighted by atomic mass is 32.1. The zero-order valence-corrected chi connectivity index (χ0v) is 16.7. The molecule has 0 spiro atoms. The first-order chi connectivity index (χ1) is 13.6. The molecule has 7 heteroatoms. The Kier molecular flexibility index (Phi) is 5.25. The van der Waals surface area contributed by atoms with Gasteiger partial charge in [0.2, 0.25) is 5.88 Å². The van der Waals surface area contributed by atoms with Gasteiger partial charge in [0.25, 0.3) is 5.91 Å². The first-order valence-corrected chi connectivity index (χ1v) is 10.1. The minimum Gasteiger partial charge on any atom is -0.439 e. The zero-order chi connectivity index (χ0) is 19.5. The van der Waals surface area contributed by atoms with E-state index in [1.165, 1.54) is 17.7 Å². The van der Waals surface area contributed by atoms with Crippen LogP contribution in [0, 0.1) is 6.92 Å². The predicted octanol–water partition coefficient (Wildman–Crippen LogP) is 3.99. The molecule has 1 atom stereocenters. The summed E-state index contributed by atoms with van der Waals surface area (Å²) in [7, 11) is 0. The van der Waals surface area contributed by atoms with E-state index in [-0.39, 0.29) is 11.9 Å². The molecule has 144 valence electrons. The third-order valence-electron chi connectivity index (χ3n) is 4.78. The molecule has 1 aliphatic rings. The molecule has 4 rings (SSSR count). The lowest BCUT2D eigenvalue weighted by atomic mass is 10.2. The van der Waals surface area contributed by atoms with E-state index in [2.05, 4.69) is 21.8 Å². The van der Waals surface area contributed by atoms with E-state index in [1.54, 1.807) is 0 Å². The van der Waals surface area contributed by atoms with Crippen LogP contribution in [0.25, 0.3) is 0 Å². The van der Waals surface area contributed by atoms with E-state index < -0.39 is 0 Å². The molecule has 0 radical (unpaired) electrons. The highest BCUT2D eigenvalue weighted by Gasteiger charge is 2.29. The molecule has 0 bridgehead atoms. The van der Waals surface area contributed by atoms with Crippen LogP contribution in [0.2, 0.25) is 0 Å². The molecule has 1 saturated heterocycles. The van der Waals surface area contributed by atoms with Crippen LogP contribution in [0.5, 0.6) is 11.6 Å². The van der Waals surface area contributed by atoms with Crippen molar-refractivity contribution in [2.24, 2.45) is 0 Å². The third kappa shape index (κ3) is 3.99. The van der Waals surface area contributed by atoms with Crippen molar-refractivity contribution in [2.75, 3.05) is 24.5 Å². The van der Waals surface area contributed by atoms with Gasteiger partial charge in [0.15, 0.2) is 0 Å². The Morgan fingerprint density at radius 3 is 2.82 bits per heavy atom. The smallest absolute Gasteiger partial charge is 0.264 e. The number of rotatable bonds is 4. The molecule has 2 aromatic heterocycles. The maximum Gasteiger partial charge on any atom is 0.264 e. The van der Waals surface area contributed by atoms with Crippen molar-refractivity contribution in [1.29, 1.82) is 0 Å². The molecule has 28 heavy (non-hydrogen) atoms. The lowest BCUT2D eigenvalue weighted by Crippen LogP contribution is -2.54. The number of carbonyl (C=O) groups is 1. The summed E-state index contributed by atoms with van der Waals surface area (Å²) < 4.78 is 5.88. The van der Waals surface area contributed by atoms with Gasteiger partial charge in [0.05, 0.1) is 4.88 Å². The van der Waals surface area contributed by atoms with Crippen LogP contribution in [-0.2, 0) is 0 Å². The van der Waals surface area contributed by atoms with E-state index in [0.29, 0.717) is 12.4 Å². The lowest BCUT2D eigenvalue weighted by molar-refractivity contribution is 0.0678. The minimum absolute atomic E-state index is 0.0967. The van der Waals surface area contributed by atoms with Crippen molar-refractivity contribution >= 4 is 23.1 Å². The molecule has 0 aliphatic carbocycles. The second-order valence-electron chi connectivity index (χ2n) is 6.90. The number of amides is 1. The maximum absolute atomic E-state index is 12.7. The number of hydrogen-bond donors (Lipinski definition) is 0. The van der Waals surface area contributed by atoms with Gasteiger partial charge in [0, 0.05) is 31.7 Å². The van der Waals surface area contributed by atoms with Crippen molar-refractivity contribution < 1.29 is 9.53 Å². The number of nitrogens with zero attached hydrogens (tertiary/aromatic N) is 4. The van der Waals surface area contributed by atoms with Crippen LogP contribution in [0.3, 0.4) is 0 Å². The summed E-state index contributed by atoms with van der Waals surface area (Å²) in [6.45, 7) is 6.20. The van der Waals surface area contributed by atoms with Crippen LogP contribution < -0.4 is 9.64 Å². The van der Waals surface area contributed by atoms with Gasteiger partial charge in [-0.3, -0.25) is 4.79 Å². The SMILES string of the molecule is Cc1cccc(Oc2cc(N3CCN(C(=O)c4cccs4)C(C)C3)ncn2)c1. The average Bonchev–Trinajstić information content (AvgIpc) is 3.22. The third-order valence-corrected chi connectivity index (χ3v) is 5.64. The molecular weight excluding hydrogens is 372 g/mol. The normalized spacial score (nSPS) is 16.9. The van der Waals surface area contributed by atoms with Gasteiger partial charge < -0.3 is 14.5 Å². The van der Waals surface area contributed by atoms with Crippen molar-refractivity contribution in [2.45, 2.75) is 19.9 Å². The number of ether oxygens (including phenoxy) is 1. The Labute approximate surface area is 168 Å². The van der Waals surface area contributed by atoms with E-state index in [0.717, 1.165) is 35.1 Å². The van der Waals surface area contributed by atoms with Gasteiger partial charge in [-0.2, -0.15) is 0 Å². The number of benzene rings is 1. The summed E-state index contributed by atoms with van der Waals surface area (Å²) in [6.07, 6.45) is 1.52. The molecular formula is C21H22N4O2S. The highest BCUT2D eigenvalue weighted by Crippen LogP contribution is 2.25. The van der Waals surface area contributed by atoms with Crippen molar-refractivity contribution in [3.8, 4) is 11.6 Å². The quantitative estimate of drug-likeness (QED) is 0.670. The van der Waals surface area contributed by atoms with Gasteiger partial charge in [-0.15, -0.1) is 11.3 Å². The lowest BCUT2D eigenvalue weighted by Gasteiger charge is -2.40. The van der Waals surface area contributed by atoms with Gasteiger partial charge >= 0.3 is 0 Å². The standard InChI is InChI=1S/C21H22N4O2S/c1-15-5-3-6-17(11-15)27-20-12-19(22-14-23-20)24-8-9-25(16(2)13-24)21(26)18-7-4-10-28-18/h3-7,10-12,14,16H,8-9,13H2,1-2H3. The summed E-state index contributed by atoms with van der Waals surface area (Å²) in [4.78, 5) is 26.2. The second kappa shape index (κ2) is 7.98. The Hall–Kier alpha value is -2.93. The second-order valence-corrected chi connectivity index (χ2v) is 7.85. The summed E-state index contributed by atoms with van der Waals surface area (Å²) in [6, 6.07) is 13.6. The Morgan fingerprint density at radius 2 is 2.07 bits per heavy atom. The summed E-state index contributed by atoms with van der Waals surface area (Å²) >= 11 is 1.49. The van der Waals surface area contributed by atoms with Crippen LogP contribution >= 0.6 is 11.3 Å². The Bertz CT molecular complexity index is 961. The van der Waals surface area contributed by atoms with Crippen molar-refractivity contribution in [3.63, 3.8) is 0 Å². The molecule has 3 aromatic rings. The molecule has 1 aliphatic heterocycles. The van der Waals surface area contributed by atoms with Gasteiger partial charge in [0.1, 0.15) is 17.9 Å². The van der Waals surface area contributed by atoms with Crippen LogP contribution in [-0.4, -0.2) is 46.5 Å². The predicted molar refractivity (Wildman–Crippen MR) is 110 cm³/mol. The molecule has 6 nitrogen and oxygen atoms in total. The number of thiophene rings is 1. The fraction of sp³-hybridized carbons (Fsp3) is 0.286. The number of aromatic nitrogens is 2. The minimum atomic E-state index is 0.0967. The molecule has 1 fully saturated rings. The molecule has 1 amide bonds. The largest absolute Gasteiger partial charge is 0.439 e. The Morgan fingerprint density at radius 1 is 1.18 bits per heavy atom. The van der Waals surface area contributed by atoms with Gasteiger partial charge in [-0.25, -0.2) is 9.97 Å². The summed E-state index contributed by atoms with van der Waals surface area (Å²) in [5.41, 5.74) is 1.13. The number of aryl methyl sites for hydroxylation is 1. The fourth-order valence-electron chi connectivity index (χ4n) is 3.37. The number of anilines is 1. The van der Waals surface area contributed by atoms with Gasteiger partial charge in [-0.05, 0) is 43.0 Å². The summed E-state index contributed by atoms with van der Waals surface area (Å²) in [5, 5.41) is 1.94. The first-order valence-electron chi connectivity index (χ1n) is 9.26. The molecule has 0 saturated carbocycles. The Balaban J connectivity index is 1.45. The van der Waals surface area contributed by atoms with Gasteiger partial charge in [-0.1, -0.05) is 18.2 Å². The van der Waals surface area contributed by atoms with Crippen LogP contribution in [0.4, 0.5) is 5.82 Å². The summed E-state index contributed by atoms with van der Waals surface area (Å²) in [5.74, 6) is 2.19. The van der Waals surface area contributed by atoms with Crippen molar-refractivity contribution in [1.82, 2.24) is 14.9 Å². The van der Waals surface area contributed by atoms with Crippen LogP contribution in [0.15, 0.2) is 54.2 Å². The van der Waals surface area contributed by atoms with E-state index in [9.17, 15) is 4.79 Å². The maximum atomic E-state index is 12.7. The zero-order valence-electron chi connectivity index (χ0n) is 15.9. The number of carbonyl (C=O) groups excluding carboxylic acids is 1. The van der Waals surface area contributed by atoms with E-state index in [4.69, 9.17) is 4.74 Å². The topological polar surface area (TPSA) is 58.6 Å². The average molecular weight is 395 g/mol. The van der Waals surface area contributed by atoms with Crippen LogP contribution in [0.1, 0.15) is 22.2 Å². The molecule has 0 N–H and O–H groups in total. The highest BCUT2D eigenvalue weighted by molar-refractivity contribution is 7.12.